The lowest BCUT2D eigenvalue weighted by molar-refractivity contribution is -0.607. The molecule has 10 heteroatoms. The summed E-state index contributed by atoms with van der Waals surface area (Å²) in [7, 11) is 1.63. The summed E-state index contributed by atoms with van der Waals surface area (Å²) in [4.78, 5) is 17.6. The number of nitrogens with zero attached hydrogens (tertiary/aromatic N) is 4. The van der Waals surface area contributed by atoms with Crippen molar-refractivity contribution < 1.29 is 9.66 Å². The predicted molar refractivity (Wildman–Crippen MR) is 64.9 cm³/mol. The monoisotopic (exact) mass is 291 g/mol. The summed E-state index contributed by atoms with van der Waals surface area (Å²) < 4.78 is 5.44. The first-order chi connectivity index (χ1) is 8.49. The summed E-state index contributed by atoms with van der Waals surface area (Å²) in [5.41, 5.74) is 0. The molecule has 0 amide bonds. The summed E-state index contributed by atoms with van der Waals surface area (Å²) >= 11 is 6.92. The van der Waals surface area contributed by atoms with Crippen LogP contribution in [0.1, 0.15) is 4.88 Å². The van der Waals surface area contributed by atoms with E-state index in [9.17, 15) is 10.1 Å². The van der Waals surface area contributed by atoms with Crippen LogP contribution in [-0.4, -0.2) is 45.8 Å². The molecule has 2 heterocycles. The van der Waals surface area contributed by atoms with Crippen LogP contribution in [0, 0.1) is 15.5 Å². The fourth-order valence-electron chi connectivity index (χ4n) is 1.51. The van der Waals surface area contributed by atoms with Crippen molar-refractivity contribution in [2.45, 2.75) is 12.9 Å². The van der Waals surface area contributed by atoms with Crippen LogP contribution in [0.5, 0.6) is 0 Å². The van der Waals surface area contributed by atoms with E-state index in [1.807, 2.05) is 0 Å². The summed E-state index contributed by atoms with van der Waals surface area (Å²) in [5, 5.41) is 18.7. The molecule has 1 unspecified atom stereocenters. The molecular weight excluding hydrogens is 282 g/mol. The maximum atomic E-state index is 10.9. The number of nitro groups is 1. The Morgan fingerprint density at radius 3 is 3.11 bits per heavy atom. The van der Waals surface area contributed by atoms with E-state index >= 15 is 0 Å². The molecule has 1 fully saturated rings. The van der Waals surface area contributed by atoms with Gasteiger partial charge in [0, 0.05) is 18.1 Å². The standard InChI is InChI=1S/C8H10ClN5O3S/c1-12-4-17-8(14(15)16)13(7(12)10)3-5-2-11-6(9)18-5/h2,8,10H,3-4H2,1H3. The van der Waals surface area contributed by atoms with Crippen molar-refractivity contribution in [3.8, 4) is 0 Å². The van der Waals surface area contributed by atoms with Crippen LogP contribution in [0.15, 0.2) is 6.20 Å². The SMILES string of the molecule is CN1COC([N+](=O)[O-])N(Cc2cnc(Cl)s2)C1=N. The van der Waals surface area contributed by atoms with Crippen LogP contribution in [0.4, 0.5) is 0 Å². The average Bonchev–Trinajstić information content (AvgIpc) is 2.70. The van der Waals surface area contributed by atoms with Gasteiger partial charge in [-0.05, 0) is 0 Å². The second-order valence-electron chi connectivity index (χ2n) is 3.64. The van der Waals surface area contributed by atoms with Crippen molar-refractivity contribution in [2.24, 2.45) is 0 Å². The molecule has 1 atom stereocenters. The van der Waals surface area contributed by atoms with E-state index in [-0.39, 0.29) is 19.2 Å². The van der Waals surface area contributed by atoms with Gasteiger partial charge >= 0.3 is 6.35 Å². The number of aromatic nitrogens is 1. The van der Waals surface area contributed by atoms with E-state index in [0.29, 0.717) is 4.47 Å². The molecule has 1 aromatic heterocycles. The summed E-state index contributed by atoms with van der Waals surface area (Å²) in [6, 6.07) is 0. The second-order valence-corrected chi connectivity index (χ2v) is 5.33. The topological polar surface area (TPSA) is 95.6 Å². The summed E-state index contributed by atoms with van der Waals surface area (Å²) in [6.07, 6.45) is 0.181. The number of nitrogens with one attached hydrogen (secondary N) is 1. The fourth-order valence-corrected chi connectivity index (χ4v) is 2.48. The Bertz CT molecular complexity index is 481. The molecular formula is C8H10ClN5O3S. The first-order valence-electron chi connectivity index (χ1n) is 4.90. The van der Waals surface area contributed by atoms with Crippen molar-refractivity contribution in [1.82, 2.24) is 14.8 Å². The van der Waals surface area contributed by atoms with Crippen molar-refractivity contribution >= 4 is 28.9 Å². The molecule has 0 spiro atoms. The summed E-state index contributed by atoms with van der Waals surface area (Å²) in [6.45, 7) is 0.184. The Labute approximate surface area is 111 Å². The van der Waals surface area contributed by atoms with E-state index < -0.39 is 11.3 Å². The highest BCUT2D eigenvalue weighted by atomic mass is 35.5. The Morgan fingerprint density at radius 1 is 1.83 bits per heavy atom. The normalized spacial score (nSPS) is 20.3. The van der Waals surface area contributed by atoms with Gasteiger partial charge in [-0.1, -0.05) is 11.6 Å². The quantitative estimate of drug-likeness (QED) is 0.659. The molecule has 1 aromatic rings. The average molecular weight is 292 g/mol. The third kappa shape index (κ3) is 2.52. The number of ether oxygens (including phenoxy) is 1. The number of hydrogen-bond acceptors (Lipinski definition) is 6. The minimum Gasteiger partial charge on any atom is -0.322 e. The van der Waals surface area contributed by atoms with Gasteiger partial charge in [-0.25, -0.2) is 4.98 Å². The van der Waals surface area contributed by atoms with E-state index in [0.717, 1.165) is 4.88 Å². The van der Waals surface area contributed by atoms with Crippen LogP contribution in [0.25, 0.3) is 0 Å². The molecule has 2 rings (SSSR count). The minimum atomic E-state index is -1.35. The number of hydrogen-bond donors (Lipinski definition) is 1. The third-order valence-electron chi connectivity index (χ3n) is 2.35. The van der Waals surface area contributed by atoms with Gasteiger partial charge in [0.2, 0.25) is 5.96 Å². The Morgan fingerprint density at radius 2 is 2.56 bits per heavy atom. The largest absolute Gasteiger partial charge is 0.404 e. The van der Waals surface area contributed by atoms with Gasteiger partial charge in [0.15, 0.2) is 4.47 Å². The van der Waals surface area contributed by atoms with Crippen molar-refractivity contribution in [2.75, 3.05) is 13.8 Å². The molecule has 1 aliphatic heterocycles. The maximum Gasteiger partial charge on any atom is 0.404 e. The van der Waals surface area contributed by atoms with Crippen molar-refractivity contribution in [3.05, 3.63) is 25.7 Å². The molecule has 1 aliphatic rings. The van der Waals surface area contributed by atoms with E-state index in [2.05, 4.69) is 4.98 Å². The zero-order valence-electron chi connectivity index (χ0n) is 9.37. The van der Waals surface area contributed by atoms with Gasteiger partial charge in [0.25, 0.3) is 0 Å². The zero-order valence-corrected chi connectivity index (χ0v) is 10.9. The van der Waals surface area contributed by atoms with Crippen LogP contribution in [0.2, 0.25) is 4.47 Å². The smallest absolute Gasteiger partial charge is 0.322 e. The Balaban J connectivity index is 2.19. The highest BCUT2D eigenvalue weighted by molar-refractivity contribution is 7.15. The molecule has 8 nitrogen and oxygen atoms in total. The number of guanidine groups is 1. The van der Waals surface area contributed by atoms with Gasteiger partial charge in [-0.3, -0.25) is 25.2 Å². The summed E-state index contributed by atoms with van der Waals surface area (Å²) in [5.74, 6) is 0.0347. The number of rotatable bonds is 3. The lowest BCUT2D eigenvalue weighted by Gasteiger charge is -2.36. The van der Waals surface area contributed by atoms with E-state index in [4.69, 9.17) is 21.7 Å². The first kappa shape index (κ1) is 13.0. The lowest BCUT2D eigenvalue weighted by atomic mass is 10.4. The van der Waals surface area contributed by atoms with Gasteiger partial charge < -0.3 is 4.90 Å². The van der Waals surface area contributed by atoms with Gasteiger partial charge in [-0.2, -0.15) is 0 Å². The minimum absolute atomic E-state index is 0.0183. The van der Waals surface area contributed by atoms with Crippen LogP contribution >= 0.6 is 22.9 Å². The highest BCUT2D eigenvalue weighted by Crippen LogP contribution is 2.22. The first-order valence-corrected chi connectivity index (χ1v) is 6.10. The third-order valence-corrected chi connectivity index (χ3v) is 3.45. The second kappa shape index (κ2) is 5.04. The van der Waals surface area contributed by atoms with Crippen LogP contribution < -0.4 is 0 Å². The number of halogens is 1. The van der Waals surface area contributed by atoms with Gasteiger partial charge in [-0.15, -0.1) is 11.3 Å². The molecule has 0 radical (unpaired) electrons. The zero-order chi connectivity index (χ0) is 13.3. The molecule has 0 aliphatic carbocycles. The van der Waals surface area contributed by atoms with Crippen LogP contribution in [-0.2, 0) is 11.3 Å². The molecule has 1 saturated heterocycles. The van der Waals surface area contributed by atoms with Crippen molar-refractivity contribution in [3.63, 3.8) is 0 Å². The molecule has 98 valence electrons. The Kier molecular flexibility index (Phi) is 3.64. The Hall–Kier alpha value is -1.45. The fraction of sp³-hybridized carbons (Fsp3) is 0.500. The van der Waals surface area contributed by atoms with Crippen LogP contribution in [0.3, 0.4) is 0 Å². The van der Waals surface area contributed by atoms with E-state index in [1.165, 1.54) is 27.3 Å². The highest BCUT2D eigenvalue weighted by Gasteiger charge is 2.38. The molecule has 0 bridgehead atoms. The van der Waals surface area contributed by atoms with Gasteiger partial charge in [0.1, 0.15) is 6.73 Å². The van der Waals surface area contributed by atoms with Crippen molar-refractivity contribution in [1.29, 1.82) is 5.41 Å². The molecule has 0 aromatic carbocycles. The molecule has 1 N–H and O–H groups in total. The molecule has 0 saturated carbocycles. The van der Waals surface area contributed by atoms with E-state index in [1.54, 1.807) is 7.05 Å². The lowest BCUT2D eigenvalue weighted by Crippen LogP contribution is -2.57. The maximum absolute atomic E-state index is 10.9. The molecule has 18 heavy (non-hydrogen) atoms. The van der Waals surface area contributed by atoms with Gasteiger partial charge in [0.05, 0.1) is 11.5 Å². The number of thiazole rings is 1. The predicted octanol–water partition coefficient (Wildman–Crippen LogP) is 1.01.